The van der Waals surface area contributed by atoms with E-state index in [0.29, 0.717) is 28.7 Å². The standard InChI is InChI=1S/C25H25N3O4S/c1-30-21-13-17(14-22(31-2)23(21)32-3)24(29)27-25(33)26-18-8-6-9-19(15-18)28-12-11-16-7-4-5-10-20(16)28/h4-16,20H,1-3H3,(H2,26,27,29,33). The van der Waals surface area contributed by atoms with Crippen LogP contribution in [0.25, 0.3) is 0 Å². The number of anilines is 2. The Morgan fingerprint density at radius 1 is 0.970 bits per heavy atom. The number of hydrogen-bond donors (Lipinski definition) is 2. The molecule has 1 aliphatic heterocycles. The topological polar surface area (TPSA) is 72.1 Å². The summed E-state index contributed by atoms with van der Waals surface area (Å²) < 4.78 is 15.9. The van der Waals surface area contributed by atoms with Gasteiger partial charge in [-0.1, -0.05) is 36.4 Å². The van der Waals surface area contributed by atoms with Gasteiger partial charge in [-0.25, -0.2) is 0 Å². The number of hydrogen-bond acceptors (Lipinski definition) is 6. The van der Waals surface area contributed by atoms with Gasteiger partial charge in [0.1, 0.15) is 0 Å². The van der Waals surface area contributed by atoms with Crippen molar-refractivity contribution in [2.75, 3.05) is 31.5 Å². The predicted octanol–water partition coefficient (Wildman–Crippen LogP) is 4.28. The SMILES string of the molecule is COc1cc(C(=O)NC(=S)Nc2cccc(N3C=CC4C=CC=CC43)c2)cc(OC)c1OC. The fraction of sp³-hybridized carbons (Fsp3) is 0.200. The Hall–Kier alpha value is -3.78. The van der Waals surface area contributed by atoms with Crippen molar-refractivity contribution in [3.8, 4) is 17.2 Å². The Balaban J connectivity index is 1.45. The lowest BCUT2D eigenvalue weighted by Crippen LogP contribution is -2.34. The van der Waals surface area contributed by atoms with Crippen molar-refractivity contribution in [2.24, 2.45) is 5.92 Å². The zero-order valence-electron chi connectivity index (χ0n) is 18.6. The molecule has 0 saturated carbocycles. The van der Waals surface area contributed by atoms with Crippen LogP contribution in [0.15, 0.2) is 73.0 Å². The van der Waals surface area contributed by atoms with Gasteiger partial charge in [0.25, 0.3) is 5.91 Å². The van der Waals surface area contributed by atoms with Gasteiger partial charge in [0.05, 0.1) is 27.4 Å². The van der Waals surface area contributed by atoms with Crippen LogP contribution in [0.5, 0.6) is 17.2 Å². The van der Waals surface area contributed by atoms with Gasteiger partial charge < -0.3 is 24.4 Å². The van der Waals surface area contributed by atoms with Gasteiger partial charge in [0, 0.05) is 29.1 Å². The Morgan fingerprint density at radius 2 is 1.70 bits per heavy atom. The molecule has 8 heteroatoms. The molecule has 0 aromatic heterocycles. The minimum absolute atomic E-state index is 0.182. The molecule has 4 rings (SSSR count). The molecule has 2 unspecified atom stereocenters. The first-order chi connectivity index (χ1) is 16.0. The third-order valence-electron chi connectivity index (χ3n) is 5.49. The number of carbonyl (C=O) groups excluding carboxylic acids is 1. The van der Waals surface area contributed by atoms with Crippen molar-refractivity contribution < 1.29 is 19.0 Å². The summed E-state index contributed by atoms with van der Waals surface area (Å²) in [6.45, 7) is 0. The summed E-state index contributed by atoms with van der Waals surface area (Å²) >= 11 is 5.38. The molecule has 2 aromatic carbocycles. The highest BCUT2D eigenvalue weighted by molar-refractivity contribution is 7.80. The molecule has 1 amide bonds. The van der Waals surface area contributed by atoms with Crippen LogP contribution in [0.3, 0.4) is 0 Å². The average Bonchev–Trinajstić information content (AvgIpc) is 3.27. The molecular formula is C25H25N3O4S. The van der Waals surface area contributed by atoms with E-state index in [-0.39, 0.29) is 11.2 Å². The van der Waals surface area contributed by atoms with Crippen molar-refractivity contribution >= 4 is 34.6 Å². The number of carbonyl (C=O) groups is 1. The summed E-state index contributed by atoms with van der Waals surface area (Å²) in [5, 5.41) is 5.97. The zero-order chi connectivity index (χ0) is 23.4. The maximum atomic E-state index is 12.8. The number of nitrogens with zero attached hydrogens (tertiary/aromatic N) is 1. The van der Waals surface area contributed by atoms with E-state index in [4.69, 9.17) is 26.4 Å². The van der Waals surface area contributed by atoms with E-state index < -0.39 is 5.91 Å². The molecule has 0 radical (unpaired) electrons. The average molecular weight is 464 g/mol. The van der Waals surface area contributed by atoms with Gasteiger partial charge in [0.2, 0.25) is 5.75 Å². The number of amides is 1. The van der Waals surface area contributed by atoms with Crippen molar-refractivity contribution in [1.29, 1.82) is 0 Å². The summed E-state index contributed by atoms with van der Waals surface area (Å²) in [6, 6.07) is 11.3. The number of ether oxygens (including phenoxy) is 3. The normalized spacial score (nSPS) is 18.0. The first-order valence-corrected chi connectivity index (χ1v) is 10.8. The van der Waals surface area contributed by atoms with Crippen LogP contribution in [-0.4, -0.2) is 38.4 Å². The van der Waals surface area contributed by atoms with Crippen molar-refractivity contribution in [3.05, 3.63) is 78.5 Å². The van der Waals surface area contributed by atoms with Crippen LogP contribution in [-0.2, 0) is 0 Å². The van der Waals surface area contributed by atoms with E-state index in [9.17, 15) is 4.79 Å². The molecule has 0 saturated heterocycles. The molecule has 7 nitrogen and oxygen atoms in total. The van der Waals surface area contributed by atoms with Crippen molar-refractivity contribution in [1.82, 2.24) is 5.32 Å². The summed E-state index contributed by atoms with van der Waals surface area (Å²) in [5.41, 5.74) is 2.13. The highest BCUT2D eigenvalue weighted by atomic mass is 32.1. The van der Waals surface area contributed by atoms with Gasteiger partial charge in [-0.3, -0.25) is 10.1 Å². The fourth-order valence-corrected chi connectivity index (χ4v) is 4.12. The van der Waals surface area contributed by atoms with Gasteiger partial charge in [-0.05, 0) is 42.5 Å². The van der Waals surface area contributed by atoms with Crippen LogP contribution < -0.4 is 29.7 Å². The molecule has 2 aromatic rings. The highest BCUT2D eigenvalue weighted by Crippen LogP contribution is 2.38. The summed E-state index contributed by atoms with van der Waals surface area (Å²) in [4.78, 5) is 15.0. The predicted molar refractivity (Wildman–Crippen MR) is 133 cm³/mol. The lowest BCUT2D eigenvalue weighted by atomic mass is 9.97. The number of methoxy groups -OCH3 is 3. The molecule has 0 spiro atoms. The number of thiocarbonyl (C=S) groups is 1. The van der Waals surface area contributed by atoms with E-state index in [1.807, 2.05) is 24.3 Å². The molecule has 1 aliphatic carbocycles. The number of benzene rings is 2. The lowest BCUT2D eigenvalue weighted by Gasteiger charge is -2.28. The third kappa shape index (κ3) is 4.70. The first-order valence-electron chi connectivity index (χ1n) is 10.4. The number of fused-ring (bicyclic) bond motifs is 1. The van der Waals surface area contributed by atoms with Crippen LogP contribution in [0.1, 0.15) is 10.4 Å². The minimum Gasteiger partial charge on any atom is -0.493 e. The molecule has 0 bridgehead atoms. The second-order valence-corrected chi connectivity index (χ2v) is 7.87. The summed E-state index contributed by atoms with van der Waals surface area (Å²) in [5.74, 6) is 1.16. The molecule has 2 N–H and O–H groups in total. The maximum absolute atomic E-state index is 12.8. The van der Waals surface area contributed by atoms with Gasteiger partial charge in [-0.2, -0.15) is 0 Å². The minimum atomic E-state index is -0.396. The van der Waals surface area contributed by atoms with Gasteiger partial charge in [-0.15, -0.1) is 0 Å². The maximum Gasteiger partial charge on any atom is 0.257 e. The monoisotopic (exact) mass is 463 g/mol. The lowest BCUT2D eigenvalue weighted by molar-refractivity contribution is 0.0977. The Morgan fingerprint density at radius 3 is 2.39 bits per heavy atom. The van der Waals surface area contributed by atoms with Gasteiger partial charge in [0.15, 0.2) is 16.6 Å². The number of allylic oxidation sites excluding steroid dienone is 2. The van der Waals surface area contributed by atoms with E-state index in [0.717, 1.165) is 11.4 Å². The number of rotatable bonds is 6. The second-order valence-electron chi connectivity index (χ2n) is 7.46. The van der Waals surface area contributed by atoms with E-state index in [2.05, 4.69) is 52.1 Å². The fourth-order valence-electron chi connectivity index (χ4n) is 3.91. The third-order valence-corrected chi connectivity index (χ3v) is 5.70. The molecule has 2 aliphatic rings. The van der Waals surface area contributed by atoms with Crippen LogP contribution >= 0.6 is 12.2 Å². The largest absolute Gasteiger partial charge is 0.493 e. The molecule has 170 valence electrons. The van der Waals surface area contributed by atoms with Crippen molar-refractivity contribution in [3.63, 3.8) is 0 Å². The van der Waals surface area contributed by atoms with Crippen LogP contribution in [0, 0.1) is 5.92 Å². The van der Waals surface area contributed by atoms with E-state index in [1.54, 1.807) is 12.1 Å². The summed E-state index contributed by atoms with van der Waals surface area (Å²) in [7, 11) is 4.50. The number of nitrogens with one attached hydrogen (secondary N) is 2. The summed E-state index contributed by atoms with van der Waals surface area (Å²) in [6.07, 6.45) is 12.8. The van der Waals surface area contributed by atoms with E-state index in [1.165, 1.54) is 21.3 Å². The first kappa shape index (κ1) is 22.4. The second kappa shape index (κ2) is 9.79. The Kier molecular flexibility index (Phi) is 6.65. The van der Waals surface area contributed by atoms with Crippen molar-refractivity contribution in [2.45, 2.75) is 6.04 Å². The highest BCUT2D eigenvalue weighted by Gasteiger charge is 2.27. The Labute approximate surface area is 198 Å². The van der Waals surface area contributed by atoms with Gasteiger partial charge >= 0.3 is 0 Å². The molecule has 33 heavy (non-hydrogen) atoms. The molecule has 0 fully saturated rings. The molecular weight excluding hydrogens is 438 g/mol. The van der Waals surface area contributed by atoms with E-state index >= 15 is 0 Å². The molecule has 2 atom stereocenters. The zero-order valence-corrected chi connectivity index (χ0v) is 19.4. The van der Waals surface area contributed by atoms with Crippen LogP contribution in [0.4, 0.5) is 11.4 Å². The Bertz CT molecular complexity index is 1130. The quantitative estimate of drug-likeness (QED) is 0.620. The van der Waals surface area contributed by atoms with Crippen LogP contribution in [0.2, 0.25) is 0 Å². The molecule has 1 heterocycles. The smallest absolute Gasteiger partial charge is 0.257 e.